The van der Waals surface area contributed by atoms with Gasteiger partial charge in [-0.25, -0.2) is 9.78 Å². The molecule has 2 atom stereocenters. The number of alkyl halides is 6. The number of urea groups is 1. The molecule has 0 spiro atoms. The predicted molar refractivity (Wildman–Crippen MR) is 153 cm³/mol. The molecule has 4 heterocycles. The van der Waals surface area contributed by atoms with Crippen LogP contribution < -0.4 is 19.7 Å². The molecule has 2 fully saturated rings. The van der Waals surface area contributed by atoms with Crippen LogP contribution in [0.5, 0.6) is 11.6 Å². The fraction of sp³-hybridized carbons (Fsp3) is 0.533. The fourth-order valence-electron chi connectivity index (χ4n) is 6.07. The maximum absolute atomic E-state index is 13.5. The number of halogens is 6. The molecule has 2 N–H and O–H groups in total. The highest BCUT2D eigenvalue weighted by atomic mass is 19.4. The standard InChI is InChI=1S/C30H33F6N5O6/c1-4-5-18-12-19(28(45,29(31,32)33)30(34,35)36)6-7-21(18)40-9-8-39(15-17(40)2)23(42)16-41-25(43)27(3,38-26(41)44)20-13-22-24(37-14-20)47-11-10-46-22/h6-7,12-14,17,45H,4-5,8-11,15-16H2,1-3H3,(H,38,44)/t17-,27?/m0/s1. The van der Waals surface area contributed by atoms with Crippen molar-refractivity contribution in [1.82, 2.24) is 20.1 Å². The first-order chi connectivity index (χ1) is 21.9. The maximum Gasteiger partial charge on any atom is 0.430 e. The number of imide groups is 1. The molecular weight excluding hydrogens is 640 g/mol. The minimum atomic E-state index is -6.01. The van der Waals surface area contributed by atoms with Crippen molar-refractivity contribution < 1.29 is 55.3 Å². The van der Waals surface area contributed by atoms with Gasteiger partial charge in [-0.2, -0.15) is 26.3 Å². The predicted octanol–water partition coefficient (Wildman–Crippen LogP) is 3.62. The molecule has 1 unspecified atom stereocenters. The van der Waals surface area contributed by atoms with E-state index in [2.05, 4.69) is 10.3 Å². The number of ether oxygens (including phenoxy) is 2. The summed E-state index contributed by atoms with van der Waals surface area (Å²) < 4.78 is 92.2. The molecule has 2 aromatic rings. The lowest BCUT2D eigenvalue weighted by molar-refractivity contribution is -0.376. The second-order valence-corrected chi connectivity index (χ2v) is 11.9. The number of nitrogens with zero attached hydrogens (tertiary/aromatic N) is 4. The molecule has 1 aromatic heterocycles. The van der Waals surface area contributed by atoms with Crippen LogP contribution in [0.4, 0.5) is 36.8 Å². The Morgan fingerprint density at radius 1 is 1.09 bits per heavy atom. The van der Waals surface area contributed by atoms with E-state index in [0.717, 1.165) is 17.0 Å². The molecule has 0 aliphatic carbocycles. The third-order valence-electron chi connectivity index (χ3n) is 8.67. The quantitative estimate of drug-likeness (QED) is 0.338. The summed E-state index contributed by atoms with van der Waals surface area (Å²) in [5.41, 5.74) is -7.03. The maximum atomic E-state index is 13.5. The van der Waals surface area contributed by atoms with Crippen LogP contribution in [0.25, 0.3) is 0 Å². The average Bonchev–Trinajstić information content (AvgIpc) is 3.23. The largest absolute Gasteiger partial charge is 0.484 e. The second-order valence-electron chi connectivity index (χ2n) is 11.9. The molecule has 0 radical (unpaired) electrons. The van der Waals surface area contributed by atoms with E-state index in [9.17, 15) is 45.8 Å². The van der Waals surface area contributed by atoms with E-state index in [4.69, 9.17) is 9.47 Å². The summed E-state index contributed by atoms with van der Waals surface area (Å²) in [6.07, 6.45) is -10.1. The number of carbonyl (C=O) groups excluding carboxylic acids is 3. The summed E-state index contributed by atoms with van der Waals surface area (Å²) in [4.78, 5) is 47.8. The highest BCUT2D eigenvalue weighted by Gasteiger charge is 2.71. The van der Waals surface area contributed by atoms with Gasteiger partial charge in [0.15, 0.2) is 5.75 Å². The number of aliphatic hydroxyl groups is 1. The summed E-state index contributed by atoms with van der Waals surface area (Å²) in [7, 11) is 0. The molecule has 0 bridgehead atoms. The van der Waals surface area contributed by atoms with Crippen molar-refractivity contribution in [3.8, 4) is 11.6 Å². The Balaban J connectivity index is 1.30. The number of benzene rings is 1. The van der Waals surface area contributed by atoms with Gasteiger partial charge < -0.3 is 29.7 Å². The molecule has 3 aliphatic rings. The number of piperazine rings is 1. The van der Waals surface area contributed by atoms with Crippen molar-refractivity contribution in [3.63, 3.8) is 0 Å². The van der Waals surface area contributed by atoms with Crippen molar-refractivity contribution >= 4 is 23.5 Å². The number of aryl methyl sites for hydroxylation is 1. The molecule has 47 heavy (non-hydrogen) atoms. The van der Waals surface area contributed by atoms with Crippen molar-refractivity contribution in [2.24, 2.45) is 0 Å². The zero-order valence-electron chi connectivity index (χ0n) is 25.7. The molecule has 1 aromatic carbocycles. The van der Waals surface area contributed by atoms with E-state index in [-0.39, 0.29) is 44.1 Å². The molecule has 11 nitrogen and oxygen atoms in total. The third kappa shape index (κ3) is 5.89. The first-order valence-corrected chi connectivity index (χ1v) is 14.9. The van der Waals surface area contributed by atoms with Gasteiger partial charge in [-0.15, -0.1) is 0 Å². The van der Waals surface area contributed by atoms with Crippen LogP contribution in [0, 0.1) is 0 Å². The van der Waals surface area contributed by atoms with E-state index in [1.165, 1.54) is 24.1 Å². The van der Waals surface area contributed by atoms with Gasteiger partial charge in [-0.1, -0.05) is 25.5 Å². The monoisotopic (exact) mass is 673 g/mol. The molecule has 256 valence electrons. The van der Waals surface area contributed by atoms with Gasteiger partial charge >= 0.3 is 18.4 Å². The molecule has 0 saturated carbocycles. The van der Waals surface area contributed by atoms with Gasteiger partial charge in [-0.05, 0) is 38.0 Å². The van der Waals surface area contributed by atoms with Crippen molar-refractivity contribution in [1.29, 1.82) is 0 Å². The van der Waals surface area contributed by atoms with E-state index >= 15 is 0 Å². The lowest BCUT2D eigenvalue weighted by Gasteiger charge is -2.42. The normalized spacial score (nSPS) is 22.1. The van der Waals surface area contributed by atoms with E-state index in [0.29, 0.717) is 36.1 Å². The van der Waals surface area contributed by atoms with Crippen LogP contribution in [-0.4, -0.2) is 95.5 Å². The number of hydrogen-bond donors (Lipinski definition) is 2. The Labute approximate surface area is 265 Å². The number of aromatic nitrogens is 1. The highest BCUT2D eigenvalue weighted by molar-refractivity contribution is 6.09. The Morgan fingerprint density at radius 3 is 2.40 bits per heavy atom. The SMILES string of the molecule is CCCc1cc(C(O)(C(F)(F)F)C(F)(F)F)ccc1N1CCN(C(=O)CN2C(=O)NC(C)(c3cnc4c(c3)OCCO4)C2=O)C[C@@H]1C. The van der Waals surface area contributed by atoms with Gasteiger partial charge in [0.05, 0.1) is 0 Å². The summed E-state index contributed by atoms with van der Waals surface area (Å²) in [5.74, 6) is -0.647. The third-order valence-corrected chi connectivity index (χ3v) is 8.67. The second kappa shape index (κ2) is 12.1. The summed E-state index contributed by atoms with van der Waals surface area (Å²) in [6, 6.07) is 2.78. The summed E-state index contributed by atoms with van der Waals surface area (Å²) >= 11 is 0. The smallest absolute Gasteiger partial charge is 0.430 e. The van der Waals surface area contributed by atoms with E-state index in [1.807, 2.05) is 0 Å². The molecule has 5 rings (SSSR count). The molecular formula is C30H33F6N5O6. The molecule has 2 saturated heterocycles. The van der Waals surface area contributed by atoms with Crippen LogP contribution >= 0.6 is 0 Å². The van der Waals surface area contributed by atoms with Crippen LogP contribution in [0.15, 0.2) is 30.5 Å². The van der Waals surface area contributed by atoms with Crippen LogP contribution in [-0.2, 0) is 27.1 Å². The Hall–Kier alpha value is -4.28. The minimum absolute atomic E-state index is 0.0915. The number of pyridine rings is 1. The van der Waals surface area contributed by atoms with Crippen LogP contribution in [0.1, 0.15) is 43.9 Å². The van der Waals surface area contributed by atoms with Gasteiger partial charge in [0.2, 0.25) is 5.91 Å². The highest BCUT2D eigenvalue weighted by Crippen LogP contribution is 2.50. The van der Waals surface area contributed by atoms with Crippen molar-refractivity contribution in [2.75, 3.05) is 44.3 Å². The number of fused-ring (bicyclic) bond motifs is 1. The number of hydrogen-bond acceptors (Lipinski definition) is 8. The number of rotatable bonds is 7. The Bertz CT molecular complexity index is 1550. The molecule has 17 heteroatoms. The van der Waals surface area contributed by atoms with Crippen molar-refractivity contribution in [2.45, 2.75) is 63.1 Å². The first-order valence-electron chi connectivity index (χ1n) is 14.9. The Kier molecular flexibility index (Phi) is 8.74. The number of amides is 4. The topological polar surface area (TPSA) is 125 Å². The van der Waals surface area contributed by atoms with Gasteiger partial charge in [0.1, 0.15) is 25.3 Å². The van der Waals surface area contributed by atoms with Crippen LogP contribution in [0.2, 0.25) is 0 Å². The van der Waals surface area contributed by atoms with E-state index in [1.54, 1.807) is 18.7 Å². The lowest BCUT2D eigenvalue weighted by atomic mass is 9.89. The summed E-state index contributed by atoms with van der Waals surface area (Å²) in [6.45, 7) is 5.30. The number of anilines is 1. The lowest BCUT2D eigenvalue weighted by Crippen LogP contribution is -2.56. The first kappa shape index (κ1) is 34.1. The zero-order chi connectivity index (χ0) is 34.5. The zero-order valence-corrected chi connectivity index (χ0v) is 25.7. The van der Waals surface area contributed by atoms with Gasteiger partial charge in [0, 0.05) is 48.7 Å². The molecule has 4 amide bonds. The fourth-order valence-corrected chi connectivity index (χ4v) is 6.07. The summed E-state index contributed by atoms with van der Waals surface area (Å²) in [5, 5.41) is 12.5. The van der Waals surface area contributed by atoms with E-state index < -0.39 is 59.5 Å². The number of nitrogens with one attached hydrogen (secondary N) is 1. The van der Waals surface area contributed by atoms with Gasteiger partial charge in [0.25, 0.3) is 17.4 Å². The van der Waals surface area contributed by atoms with Crippen molar-refractivity contribution in [3.05, 3.63) is 47.2 Å². The molecule has 3 aliphatic heterocycles. The Morgan fingerprint density at radius 2 is 1.77 bits per heavy atom. The average molecular weight is 674 g/mol. The van der Waals surface area contributed by atoms with Crippen LogP contribution in [0.3, 0.4) is 0 Å². The van der Waals surface area contributed by atoms with Gasteiger partial charge in [-0.3, -0.25) is 14.5 Å². The number of carbonyl (C=O) groups is 3. The minimum Gasteiger partial charge on any atom is -0.484 e.